The second kappa shape index (κ2) is 6.01. The average Bonchev–Trinajstić information content (AvgIpc) is 3.05. The summed E-state index contributed by atoms with van der Waals surface area (Å²) in [5, 5.41) is 4.29. The fraction of sp³-hybridized carbons (Fsp3) is 0.111. The fourth-order valence-electron chi connectivity index (χ4n) is 2.68. The Balaban J connectivity index is 1.80. The molecule has 0 unspecified atom stereocenters. The van der Waals surface area contributed by atoms with Crippen LogP contribution in [0.3, 0.4) is 0 Å². The first-order valence-electron chi connectivity index (χ1n) is 7.56. The minimum atomic E-state index is -0.770. The summed E-state index contributed by atoms with van der Waals surface area (Å²) >= 11 is 0. The van der Waals surface area contributed by atoms with Crippen molar-refractivity contribution in [2.24, 2.45) is 0 Å². The van der Waals surface area contributed by atoms with Gasteiger partial charge in [-0.05, 0) is 30.3 Å². The normalized spacial score (nSPS) is 12.9. The molecule has 4 rings (SSSR count). The number of rotatable bonds is 3. The zero-order chi connectivity index (χ0) is 17.4. The van der Waals surface area contributed by atoms with Crippen LogP contribution in [0.1, 0.15) is 10.4 Å². The van der Waals surface area contributed by atoms with Crippen molar-refractivity contribution >= 4 is 6.29 Å². The Morgan fingerprint density at radius 3 is 2.60 bits per heavy atom. The molecule has 0 N–H and O–H groups in total. The largest absolute Gasteiger partial charge is 0.486 e. The van der Waals surface area contributed by atoms with E-state index in [4.69, 9.17) is 9.47 Å². The van der Waals surface area contributed by atoms with Gasteiger partial charge >= 0.3 is 0 Å². The summed E-state index contributed by atoms with van der Waals surface area (Å²) in [6, 6.07) is 8.35. The van der Waals surface area contributed by atoms with E-state index in [0.29, 0.717) is 42.3 Å². The first kappa shape index (κ1) is 15.3. The zero-order valence-electron chi connectivity index (χ0n) is 12.9. The topological polar surface area (TPSA) is 53.4 Å². The second-order valence-electron chi connectivity index (χ2n) is 5.45. The highest BCUT2D eigenvalue weighted by molar-refractivity contribution is 5.86. The maximum atomic E-state index is 14.0. The number of benzene rings is 2. The van der Waals surface area contributed by atoms with Crippen LogP contribution in [0.15, 0.2) is 42.6 Å². The molecular weight excluding hydrogens is 330 g/mol. The van der Waals surface area contributed by atoms with Crippen LogP contribution in [-0.2, 0) is 0 Å². The van der Waals surface area contributed by atoms with Gasteiger partial charge in [0, 0.05) is 17.8 Å². The Morgan fingerprint density at radius 2 is 1.84 bits per heavy atom. The third-order valence-electron chi connectivity index (χ3n) is 3.84. The van der Waals surface area contributed by atoms with Gasteiger partial charge in [0.2, 0.25) is 0 Å². The molecule has 0 saturated carbocycles. The second-order valence-corrected chi connectivity index (χ2v) is 5.45. The lowest BCUT2D eigenvalue weighted by Crippen LogP contribution is -2.15. The van der Waals surface area contributed by atoms with Crippen molar-refractivity contribution in [3.8, 4) is 28.4 Å². The van der Waals surface area contributed by atoms with Crippen molar-refractivity contribution in [1.29, 1.82) is 0 Å². The monoisotopic (exact) mass is 342 g/mol. The van der Waals surface area contributed by atoms with Crippen molar-refractivity contribution in [2.45, 2.75) is 0 Å². The van der Waals surface area contributed by atoms with E-state index in [9.17, 15) is 13.6 Å². The summed E-state index contributed by atoms with van der Waals surface area (Å²) in [6.45, 7) is 0.913. The number of nitrogens with zero attached hydrogens (tertiary/aromatic N) is 2. The summed E-state index contributed by atoms with van der Waals surface area (Å²) in [6.07, 6.45) is 2.03. The molecule has 0 spiro atoms. The lowest BCUT2D eigenvalue weighted by atomic mass is 10.1. The number of hydrogen-bond acceptors (Lipinski definition) is 4. The minimum absolute atomic E-state index is 0.0493. The van der Waals surface area contributed by atoms with Crippen molar-refractivity contribution in [2.75, 3.05) is 13.2 Å². The molecule has 0 atom stereocenters. The Kier molecular flexibility index (Phi) is 3.68. The molecule has 2 aromatic carbocycles. The van der Waals surface area contributed by atoms with Gasteiger partial charge in [-0.25, -0.2) is 13.5 Å². The van der Waals surface area contributed by atoms with Crippen LogP contribution in [0.5, 0.6) is 11.5 Å². The standard InChI is InChI=1S/C18H12F2N2O3/c19-13-2-3-15(14(20)8-13)22-9-12(10-23)18(21-22)11-1-4-16-17(7-11)25-6-5-24-16/h1-4,7-10H,5-6H2. The van der Waals surface area contributed by atoms with E-state index in [1.54, 1.807) is 18.2 Å². The third-order valence-corrected chi connectivity index (χ3v) is 3.84. The Morgan fingerprint density at radius 1 is 1.04 bits per heavy atom. The molecule has 0 radical (unpaired) electrons. The Labute approximate surface area is 141 Å². The molecule has 25 heavy (non-hydrogen) atoms. The molecule has 1 aliphatic heterocycles. The van der Waals surface area contributed by atoms with Crippen LogP contribution >= 0.6 is 0 Å². The van der Waals surface area contributed by atoms with Gasteiger partial charge in [0.1, 0.15) is 30.4 Å². The maximum absolute atomic E-state index is 14.0. The van der Waals surface area contributed by atoms with Crippen LogP contribution in [-0.4, -0.2) is 29.3 Å². The van der Waals surface area contributed by atoms with Gasteiger partial charge in [0.15, 0.2) is 23.6 Å². The quantitative estimate of drug-likeness (QED) is 0.685. The molecular formula is C18H12F2N2O3. The van der Waals surface area contributed by atoms with E-state index < -0.39 is 11.6 Å². The molecule has 7 heteroatoms. The van der Waals surface area contributed by atoms with Crippen LogP contribution in [0.2, 0.25) is 0 Å². The molecule has 126 valence electrons. The smallest absolute Gasteiger partial charge is 0.162 e. The summed E-state index contributed by atoms with van der Waals surface area (Å²) in [7, 11) is 0. The SMILES string of the molecule is O=Cc1cn(-c2ccc(F)cc2F)nc1-c1ccc2c(c1)OCCO2. The molecule has 2 heterocycles. The van der Waals surface area contributed by atoms with Gasteiger partial charge in [-0.15, -0.1) is 0 Å². The molecule has 0 amide bonds. The van der Waals surface area contributed by atoms with Gasteiger partial charge in [0.25, 0.3) is 0 Å². The van der Waals surface area contributed by atoms with E-state index >= 15 is 0 Å². The maximum Gasteiger partial charge on any atom is 0.162 e. The van der Waals surface area contributed by atoms with Crippen LogP contribution in [0.25, 0.3) is 16.9 Å². The Hall–Kier alpha value is -3.22. The summed E-state index contributed by atoms with van der Waals surface area (Å²) in [4.78, 5) is 11.4. The number of fused-ring (bicyclic) bond motifs is 1. The molecule has 0 saturated heterocycles. The zero-order valence-corrected chi connectivity index (χ0v) is 12.9. The molecule has 0 bridgehead atoms. The van der Waals surface area contributed by atoms with E-state index in [2.05, 4.69) is 5.10 Å². The lowest BCUT2D eigenvalue weighted by molar-refractivity contribution is 0.112. The van der Waals surface area contributed by atoms with Gasteiger partial charge in [-0.1, -0.05) is 0 Å². The fourth-order valence-corrected chi connectivity index (χ4v) is 2.68. The van der Waals surface area contributed by atoms with Crippen molar-refractivity contribution in [1.82, 2.24) is 9.78 Å². The molecule has 0 aliphatic carbocycles. The number of carbonyl (C=O) groups is 1. The van der Waals surface area contributed by atoms with Gasteiger partial charge < -0.3 is 9.47 Å². The molecule has 1 aliphatic rings. The van der Waals surface area contributed by atoms with Crippen LogP contribution < -0.4 is 9.47 Å². The highest BCUT2D eigenvalue weighted by Gasteiger charge is 2.18. The summed E-state index contributed by atoms with van der Waals surface area (Å²) in [5.74, 6) is -0.278. The summed E-state index contributed by atoms with van der Waals surface area (Å²) < 4.78 is 39.3. The van der Waals surface area contributed by atoms with Gasteiger partial charge in [0.05, 0.1) is 5.56 Å². The summed E-state index contributed by atoms with van der Waals surface area (Å²) in [5.41, 5.74) is 1.33. The van der Waals surface area contributed by atoms with E-state index in [1.165, 1.54) is 16.9 Å². The highest BCUT2D eigenvalue weighted by atomic mass is 19.1. The van der Waals surface area contributed by atoms with Gasteiger partial charge in [-0.3, -0.25) is 4.79 Å². The molecule has 5 nitrogen and oxygen atoms in total. The minimum Gasteiger partial charge on any atom is -0.486 e. The van der Waals surface area contributed by atoms with Gasteiger partial charge in [-0.2, -0.15) is 5.10 Å². The van der Waals surface area contributed by atoms with E-state index in [1.807, 2.05) is 0 Å². The van der Waals surface area contributed by atoms with E-state index in [-0.39, 0.29) is 11.3 Å². The molecule has 1 aromatic heterocycles. The number of hydrogen-bond donors (Lipinski definition) is 0. The lowest BCUT2D eigenvalue weighted by Gasteiger charge is -2.18. The molecule has 3 aromatic rings. The third kappa shape index (κ3) is 2.73. The Bertz CT molecular complexity index is 969. The van der Waals surface area contributed by atoms with Crippen molar-refractivity contribution in [3.05, 3.63) is 59.8 Å². The molecule has 0 fully saturated rings. The number of aldehydes is 1. The highest BCUT2D eigenvalue weighted by Crippen LogP contribution is 2.35. The first-order valence-corrected chi connectivity index (χ1v) is 7.56. The number of ether oxygens (including phenoxy) is 2. The van der Waals surface area contributed by atoms with Crippen LogP contribution in [0.4, 0.5) is 8.78 Å². The number of carbonyl (C=O) groups excluding carboxylic acids is 1. The number of aromatic nitrogens is 2. The predicted octanol–water partition coefficient (Wildman–Crippen LogP) is 3.40. The average molecular weight is 342 g/mol. The number of halogens is 2. The van der Waals surface area contributed by atoms with E-state index in [0.717, 1.165) is 12.1 Å². The van der Waals surface area contributed by atoms with Crippen molar-refractivity contribution < 1.29 is 23.0 Å². The first-order chi connectivity index (χ1) is 12.2. The van der Waals surface area contributed by atoms with Crippen LogP contribution in [0, 0.1) is 11.6 Å². The predicted molar refractivity (Wildman–Crippen MR) is 85.3 cm³/mol. The van der Waals surface area contributed by atoms with Crippen molar-refractivity contribution in [3.63, 3.8) is 0 Å².